The Morgan fingerprint density at radius 2 is 2.00 bits per heavy atom. The van der Waals surface area contributed by atoms with Crippen molar-refractivity contribution in [1.29, 1.82) is 0 Å². The van der Waals surface area contributed by atoms with E-state index in [0.717, 1.165) is 53.4 Å². The van der Waals surface area contributed by atoms with Crippen molar-refractivity contribution in [1.82, 2.24) is 19.2 Å². The number of thiophene rings is 1. The average molecular weight is 433 g/mol. The summed E-state index contributed by atoms with van der Waals surface area (Å²) in [4.78, 5) is 22.5. The first-order valence-corrected chi connectivity index (χ1v) is 10.4. The molecule has 0 bridgehead atoms. The van der Waals surface area contributed by atoms with Gasteiger partial charge in [0.2, 0.25) is 0 Å². The monoisotopic (exact) mass is 432 g/mol. The lowest BCUT2D eigenvalue weighted by Gasteiger charge is -2.34. The first kappa shape index (κ1) is 17.7. The molecule has 136 valence electrons. The third-order valence-corrected chi connectivity index (χ3v) is 6.75. The predicted molar refractivity (Wildman–Crippen MR) is 108 cm³/mol. The van der Waals surface area contributed by atoms with E-state index in [1.165, 1.54) is 22.6 Å². The minimum atomic E-state index is 0.132. The van der Waals surface area contributed by atoms with Crippen molar-refractivity contribution in [3.05, 3.63) is 56.1 Å². The van der Waals surface area contributed by atoms with Gasteiger partial charge in [0.25, 0.3) is 5.91 Å². The second-order valence-electron chi connectivity index (χ2n) is 6.74. The van der Waals surface area contributed by atoms with Crippen molar-refractivity contribution in [3.8, 4) is 0 Å². The summed E-state index contributed by atoms with van der Waals surface area (Å²) >= 11 is 4.96. The average Bonchev–Trinajstić information content (AvgIpc) is 3.18. The van der Waals surface area contributed by atoms with Crippen molar-refractivity contribution >= 4 is 38.8 Å². The van der Waals surface area contributed by atoms with Crippen LogP contribution >= 0.6 is 27.3 Å². The number of hydrogen-bond donors (Lipinski definition) is 0. The van der Waals surface area contributed by atoms with Gasteiger partial charge in [-0.1, -0.05) is 0 Å². The zero-order valence-electron chi connectivity index (χ0n) is 14.9. The number of fused-ring (bicyclic) bond motifs is 1. The molecule has 0 aliphatic carbocycles. The number of halogens is 1. The lowest BCUT2D eigenvalue weighted by Crippen LogP contribution is -2.48. The fourth-order valence-electron chi connectivity index (χ4n) is 3.42. The summed E-state index contributed by atoms with van der Waals surface area (Å²) in [7, 11) is 0. The van der Waals surface area contributed by atoms with E-state index in [9.17, 15) is 4.79 Å². The van der Waals surface area contributed by atoms with Gasteiger partial charge in [0.15, 0.2) is 0 Å². The Bertz CT molecular complexity index is 956. The lowest BCUT2D eigenvalue weighted by atomic mass is 10.2. The molecule has 1 aliphatic heterocycles. The van der Waals surface area contributed by atoms with Crippen LogP contribution < -0.4 is 0 Å². The van der Waals surface area contributed by atoms with Crippen LogP contribution in [0.2, 0.25) is 0 Å². The summed E-state index contributed by atoms with van der Waals surface area (Å²) in [5.41, 5.74) is 4.55. The second-order valence-corrected chi connectivity index (χ2v) is 8.51. The molecular weight excluding hydrogens is 412 g/mol. The molecule has 26 heavy (non-hydrogen) atoms. The highest BCUT2D eigenvalue weighted by Crippen LogP contribution is 2.25. The summed E-state index contributed by atoms with van der Waals surface area (Å²) in [5, 5.41) is 1.95. The summed E-state index contributed by atoms with van der Waals surface area (Å²) in [6, 6.07) is 6.17. The fourth-order valence-corrected chi connectivity index (χ4v) is 4.92. The van der Waals surface area contributed by atoms with Gasteiger partial charge in [-0.3, -0.25) is 9.69 Å². The highest BCUT2D eigenvalue weighted by molar-refractivity contribution is 9.10. The number of aromatic nitrogens is 2. The minimum absolute atomic E-state index is 0.132. The van der Waals surface area contributed by atoms with Gasteiger partial charge in [-0.15, -0.1) is 11.3 Å². The summed E-state index contributed by atoms with van der Waals surface area (Å²) in [5.74, 6) is 0.132. The van der Waals surface area contributed by atoms with Crippen LogP contribution in [0.5, 0.6) is 0 Å². The third kappa shape index (κ3) is 3.31. The maximum Gasteiger partial charge on any atom is 0.265 e. The fraction of sp³-hybridized carbons (Fsp3) is 0.368. The van der Waals surface area contributed by atoms with E-state index in [1.54, 1.807) is 0 Å². The predicted octanol–water partition coefficient (Wildman–Crippen LogP) is 3.73. The molecule has 4 rings (SSSR count). The topological polar surface area (TPSA) is 40.9 Å². The SMILES string of the molecule is Cc1ccn2c(CN3CCN(C(=O)c4sccc4Br)CC3)c(C)nc2c1. The van der Waals surface area contributed by atoms with Gasteiger partial charge in [0.05, 0.1) is 11.4 Å². The van der Waals surface area contributed by atoms with E-state index < -0.39 is 0 Å². The molecule has 1 amide bonds. The van der Waals surface area contributed by atoms with Crippen molar-refractivity contribution in [3.63, 3.8) is 0 Å². The van der Waals surface area contributed by atoms with E-state index >= 15 is 0 Å². The Kier molecular flexibility index (Phi) is 4.86. The second kappa shape index (κ2) is 7.13. The molecule has 0 atom stereocenters. The number of amides is 1. The quantitative estimate of drug-likeness (QED) is 0.632. The number of nitrogens with zero attached hydrogens (tertiary/aromatic N) is 4. The first-order chi connectivity index (χ1) is 12.5. The number of aryl methyl sites for hydroxylation is 2. The van der Waals surface area contributed by atoms with Crippen molar-refractivity contribution in [2.45, 2.75) is 20.4 Å². The van der Waals surface area contributed by atoms with E-state index in [-0.39, 0.29) is 5.91 Å². The Morgan fingerprint density at radius 3 is 2.69 bits per heavy atom. The molecule has 5 nitrogen and oxygen atoms in total. The summed E-state index contributed by atoms with van der Waals surface area (Å²) in [6.07, 6.45) is 2.11. The molecule has 0 aromatic carbocycles. The molecule has 1 fully saturated rings. The molecule has 3 aromatic rings. The maximum atomic E-state index is 12.6. The number of carbonyl (C=O) groups is 1. The van der Waals surface area contributed by atoms with E-state index in [0.29, 0.717) is 0 Å². The molecule has 1 saturated heterocycles. The highest BCUT2D eigenvalue weighted by atomic mass is 79.9. The number of rotatable bonds is 3. The van der Waals surface area contributed by atoms with Crippen molar-refractivity contribution < 1.29 is 4.79 Å². The van der Waals surface area contributed by atoms with Crippen LogP contribution in [0.3, 0.4) is 0 Å². The van der Waals surface area contributed by atoms with E-state index in [4.69, 9.17) is 4.98 Å². The lowest BCUT2D eigenvalue weighted by molar-refractivity contribution is 0.0630. The standard InChI is InChI=1S/C19H21BrN4OS/c1-13-3-5-24-16(14(2)21-17(24)11-13)12-22-6-8-23(9-7-22)19(25)18-15(20)4-10-26-18/h3-5,10-11H,6-9,12H2,1-2H3. The number of piperazine rings is 1. The largest absolute Gasteiger partial charge is 0.335 e. The van der Waals surface area contributed by atoms with Crippen LogP contribution in [-0.4, -0.2) is 51.3 Å². The van der Waals surface area contributed by atoms with Gasteiger partial charge in [-0.25, -0.2) is 4.98 Å². The van der Waals surface area contributed by atoms with Gasteiger partial charge < -0.3 is 9.30 Å². The van der Waals surface area contributed by atoms with Crippen molar-refractivity contribution in [2.75, 3.05) is 26.2 Å². The van der Waals surface area contributed by atoms with Crippen LogP contribution in [0.1, 0.15) is 26.6 Å². The van der Waals surface area contributed by atoms with Gasteiger partial charge >= 0.3 is 0 Å². The zero-order valence-corrected chi connectivity index (χ0v) is 17.3. The Morgan fingerprint density at radius 1 is 1.23 bits per heavy atom. The number of hydrogen-bond acceptors (Lipinski definition) is 4. The first-order valence-electron chi connectivity index (χ1n) is 8.72. The molecule has 0 unspecified atom stereocenters. The number of imidazole rings is 1. The third-order valence-electron chi connectivity index (χ3n) is 4.93. The van der Waals surface area contributed by atoms with Crippen LogP contribution in [0.25, 0.3) is 5.65 Å². The van der Waals surface area contributed by atoms with Gasteiger partial charge in [-0.2, -0.15) is 0 Å². The molecule has 7 heteroatoms. The molecule has 3 aromatic heterocycles. The Balaban J connectivity index is 1.44. The van der Waals surface area contributed by atoms with Gasteiger partial charge in [0.1, 0.15) is 10.5 Å². The van der Waals surface area contributed by atoms with Crippen LogP contribution in [0.15, 0.2) is 34.2 Å². The smallest absolute Gasteiger partial charge is 0.265 e. The molecule has 1 aliphatic rings. The summed E-state index contributed by atoms with van der Waals surface area (Å²) in [6.45, 7) is 8.31. The van der Waals surface area contributed by atoms with Crippen LogP contribution in [-0.2, 0) is 6.54 Å². The Labute approximate surface area is 165 Å². The number of pyridine rings is 1. The minimum Gasteiger partial charge on any atom is -0.335 e. The van der Waals surface area contributed by atoms with Gasteiger partial charge in [-0.05, 0) is 58.9 Å². The molecular formula is C19H21BrN4OS. The maximum absolute atomic E-state index is 12.6. The number of carbonyl (C=O) groups excluding carboxylic acids is 1. The normalized spacial score (nSPS) is 15.7. The zero-order chi connectivity index (χ0) is 18.3. The molecule has 0 radical (unpaired) electrons. The van der Waals surface area contributed by atoms with E-state index in [1.807, 2.05) is 16.3 Å². The molecule has 0 saturated carbocycles. The van der Waals surface area contributed by atoms with Crippen LogP contribution in [0, 0.1) is 13.8 Å². The van der Waals surface area contributed by atoms with E-state index in [2.05, 4.69) is 57.4 Å². The Hall–Kier alpha value is -1.70. The highest BCUT2D eigenvalue weighted by Gasteiger charge is 2.25. The van der Waals surface area contributed by atoms with Crippen molar-refractivity contribution in [2.24, 2.45) is 0 Å². The molecule has 4 heterocycles. The van der Waals surface area contributed by atoms with Crippen LogP contribution in [0.4, 0.5) is 0 Å². The van der Waals surface area contributed by atoms with Gasteiger partial charge in [0, 0.05) is 43.4 Å². The molecule has 0 N–H and O–H groups in total. The summed E-state index contributed by atoms with van der Waals surface area (Å²) < 4.78 is 3.08. The molecule has 0 spiro atoms.